The second-order valence-corrected chi connectivity index (χ2v) is 3.02. The topological polar surface area (TPSA) is 12.9 Å². The normalized spacial score (nSPS) is 15.8. The van der Waals surface area contributed by atoms with Gasteiger partial charge >= 0.3 is 0 Å². The molecule has 0 aromatic carbocycles. The van der Waals surface area contributed by atoms with E-state index in [9.17, 15) is 0 Å². The van der Waals surface area contributed by atoms with Crippen LogP contribution in [0.1, 0.15) is 19.0 Å². The predicted octanol–water partition coefficient (Wildman–Crippen LogP) is 2.82. The maximum atomic E-state index is 4.30. The minimum absolute atomic E-state index is 1.08. The zero-order valence-electron chi connectivity index (χ0n) is 7.12. The Morgan fingerprint density at radius 3 is 2.83 bits per heavy atom. The number of allylic oxidation sites excluding steroid dienone is 4. The first-order chi connectivity index (χ1) is 5.88. The zero-order valence-corrected chi connectivity index (χ0v) is 7.12. The van der Waals surface area contributed by atoms with Gasteiger partial charge in [0.1, 0.15) is 0 Å². The Morgan fingerprint density at radius 2 is 2.25 bits per heavy atom. The molecule has 1 nitrogen and oxygen atoms in total. The summed E-state index contributed by atoms with van der Waals surface area (Å²) in [5, 5.41) is 0. The van der Waals surface area contributed by atoms with E-state index in [0.717, 1.165) is 12.1 Å². The van der Waals surface area contributed by atoms with Gasteiger partial charge in [0.25, 0.3) is 0 Å². The molecule has 1 heterocycles. The summed E-state index contributed by atoms with van der Waals surface area (Å²) >= 11 is 0. The molecule has 0 aliphatic heterocycles. The second kappa shape index (κ2) is 2.94. The fraction of sp³-hybridized carbons (Fsp3) is 0.182. The van der Waals surface area contributed by atoms with Crippen LogP contribution in [0.2, 0.25) is 0 Å². The van der Waals surface area contributed by atoms with Gasteiger partial charge in [0.15, 0.2) is 0 Å². The third kappa shape index (κ3) is 1.18. The Balaban J connectivity index is 2.44. The van der Waals surface area contributed by atoms with Crippen LogP contribution in [-0.4, -0.2) is 4.98 Å². The first kappa shape index (κ1) is 7.29. The van der Waals surface area contributed by atoms with Crippen LogP contribution >= 0.6 is 0 Å². The van der Waals surface area contributed by atoms with Gasteiger partial charge in [-0.25, -0.2) is 0 Å². The van der Waals surface area contributed by atoms with Crippen molar-refractivity contribution in [2.75, 3.05) is 0 Å². The smallest absolute Gasteiger partial charge is 0.0701 e. The molecule has 0 radical (unpaired) electrons. The standard InChI is InChI=1S/C11H11N/c1-9-5-4-6-10(9)11-7-2-3-8-12-11/h2-4,6-8H,5H2,1H3. The molecule has 0 fully saturated rings. The summed E-state index contributed by atoms with van der Waals surface area (Å²) in [6.45, 7) is 2.16. The fourth-order valence-corrected chi connectivity index (χ4v) is 1.43. The first-order valence-electron chi connectivity index (χ1n) is 4.15. The SMILES string of the molecule is CC1=C(c2ccccn2)C=CC1. The molecule has 0 unspecified atom stereocenters. The van der Waals surface area contributed by atoms with E-state index in [1.165, 1.54) is 11.1 Å². The molecule has 0 bridgehead atoms. The molecule has 12 heavy (non-hydrogen) atoms. The largest absolute Gasteiger partial charge is 0.256 e. The van der Waals surface area contributed by atoms with Gasteiger partial charge < -0.3 is 0 Å². The highest BCUT2D eigenvalue weighted by molar-refractivity contribution is 5.76. The van der Waals surface area contributed by atoms with Crippen molar-refractivity contribution >= 4 is 5.57 Å². The van der Waals surface area contributed by atoms with Crippen molar-refractivity contribution in [3.63, 3.8) is 0 Å². The lowest BCUT2D eigenvalue weighted by atomic mass is 10.1. The first-order valence-corrected chi connectivity index (χ1v) is 4.15. The van der Waals surface area contributed by atoms with Crippen LogP contribution < -0.4 is 0 Å². The summed E-state index contributed by atoms with van der Waals surface area (Å²) in [6.07, 6.45) is 7.24. The second-order valence-electron chi connectivity index (χ2n) is 3.02. The summed E-state index contributed by atoms with van der Waals surface area (Å²) in [4.78, 5) is 4.30. The maximum Gasteiger partial charge on any atom is 0.0701 e. The molecule has 1 aliphatic carbocycles. The Labute approximate surface area is 72.5 Å². The van der Waals surface area contributed by atoms with E-state index in [-0.39, 0.29) is 0 Å². The van der Waals surface area contributed by atoms with Gasteiger partial charge in [0.2, 0.25) is 0 Å². The molecule has 0 saturated carbocycles. The van der Waals surface area contributed by atoms with Gasteiger partial charge in [0, 0.05) is 6.20 Å². The van der Waals surface area contributed by atoms with E-state index >= 15 is 0 Å². The number of nitrogens with zero attached hydrogens (tertiary/aromatic N) is 1. The van der Waals surface area contributed by atoms with Crippen LogP contribution in [0.25, 0.3) is 5.57 Å². The third-order valence-electron chi connectivity index (χ3n) is 2.11. The molecule has 1 aromatic heterocycles. The van der Waals surface area contributed by atoms with Crippen LogP contribution in [0.3, 0.4) is 0 Å². The number of hydrogen-bond donors (Lipinski definition) is 0. The maximum absolute atomic E-state index is 4.30. The van der Waals surface area contributed by atoms with Crippen LogP contribution in [0, 0.1) is 0 Å². The molecule has 1 heteroatoms. The van der Waals surface area contributed by atoms with Crippen LogP contribution in [0.15, 0.2) is 42.1 Å². The average molecular weight is 157 g/mol. The van der Waals surface area contributed by atoms with Crippen LogP contribution in [-0.2, 0) is 0 Å². The lowest BCUT2D eigenvalue weighted by Crippen LogP contribution is -1.85. The van der Waals surface area contributed by atoms with Gasteiger partial charge in [-0.3, -0.25) is 4.98 Å². The van der Waals surface area contributed by atoms with Crippen molar-refractivity contribution in [3.8, 4) is 0 Å². The minimum Gasteiger partial charge on any atom is -0.256 e. The Morgan fingerprint density at radius 1 is 1.33 bits per heavy atom. The molecule has 60 valence electrons. The third-order valence-corrected chi connectivity index (χ3v) is 2.11. The number of hydrogen-bond acceptors (Lipinski definition) is 1. The molecule has 1 aromatic rings. The van der Waals surface area contributed by atoms with Crippen molar-refractivity contribution in [1.82, 2.24) is 4.98 Å². The van der Waals surface area contributed by atoms with Gasteiger partial charge in [0.05, 0.1) is 5.69 Å². The van der Waals surface area contributed by atoms with Gasteiger partial charge in [-0.1, -0.05) is 23.8 Å². The number of aromatic nitrogens is 1. The highest BCUT2D eigenvalue weighted by Crippen LogP contribution is 2.25. The monoisotopic (exact) mass is 157 g/mol. The summed E-state index contributed by atoms with van der Waals surface area (Å²) in [7, 11) is 0. The van der Waals surface area contributed by atoms with E-state index in [2.05, 4.69) is 30.1 Å². The fourth-order valence-electron chi connectivity index (χ4n) is 1.43. The molecule has 1 aliphatic rings. The molecule has 0 N–H and O–H groups in total. The molecule has 0 amide bonds. The Bertz CT molecular complexity index is 333. The van der Waals surface area contributed by atoms with Gasteiger partial charge in [-0.05, 0) is 31.1 Å². The van der Waals surface area contributed by atoms with Crippen molar-refractivity contribution in [1.29, 1.82) is 0 Å². The molecular weight excluding hydrogens is 146 g/mol. The lowest BCUT2D eigenvalue weighted by Gasteiger charge is -2.00. The van der Waals surface area contributed by atoms with Crippen LogP contribution in [0.5, 0.6) is 0 Å². The highest BCUT2D eigenvalue weighted by Gasteiger charge is 2.06. The molecular formula is C11H11N. The van der Waals surface area contributed by atoms with E-state index in [1.807, 2.05) is 18.3 Å². The van der Waals surface area contributed by atoms with Gasteiger partial charge in [-0.15, -0.1) is 0 Å². The van der Waals surface area contributed by atoms with E-state index in [4.69, 9.17) is 0 Å². The van der Waals surface area contributed by atoms with E-state index < -0.39 is 0 Å². The van der Waals surface area contributed by atoms with Gasteiger partial charge in [-0.2, -0.15) is 0 Å². The molecule has 0 saturated heterocycles. The lowest BCUT2D eigenvalue weighted by molar-refractivity contribution is 1.23. The van der Waals surface area contributed by atoms with Crippen LogP contribution in [0.4, 0.5) is 0 Å². The zero-order chi connectivity index (χ0) is 8.39. The minimum atomic E-state index is 1.08. The average Bonchev–Trinajstić information content (AvgIpc) is 2.53. The predicted molar refractivity (Wildman–Crippen MR) is 50.6 cm³/mol. The Hall–Kier alpha value is -1.37. The number of rotatable bonds is 1. The number of pyridine rings is 1. The highest BCUT2D eigenvalue weighted by atomic mass is 14.7. The molecule has 0 spiro atoms. The van der Waals surface area contributed by atoms with Crippen molar-refractivity contribution in [2.45, 2.75) is 13.3 Å². The quantitative estimate of drug-likeness (QED) is 0.610. The van der Waals surface area contributed by atoms with Crippen molar-refractivity contribution in [2.24, 2.45) is 0 Å². The summed E-state index contributed by atoms with van der Waals surface area (Å²) in [6, 6.07) is 6.02. The molecule has 2 rings (SSSR count). The van der Waals surface area contributed by atoms with Crippen molar-refractivity contribution in [3.05, 3.63) is 47.8 Å². The van der Waals surface area contributed by atoms with E-state index in [0.29, 0.717) is 0 Å². The van der Waals surface area contributed by atoms with E-state index in [1.54, 1.807) is 0 Å². The summed E-state index contributed by atoms with van der Waals surface area (Å²) < 4.78 is 0. The van der Waals surface area contributed by atoms with Crippen molar-refractivity contribution < 1.29 is 0 Å². The molecule has 0 atom stereocenters. The summed E-state index contributed by atoms with van der Waals surface area (Å²) in [5.41, 5.74) is 3.79. The summed E-state index contributed by atoms with van der Waals surface area (Å²) in [5.74, 6) is 0. The Kier molecular flexibility index (Phi) is 1.78.